The Morgan fingerprint density at radius 1 is 1.32 bits per heavy atom. The van der Waals surface area contributed by atoms with Crippen molar-refractivity contribution in [3.63, 3.8) is 0 Å². The third kappa shape index (κ3) is 2.49. The van der Waals surface area contributed by atoms with Crippen LogP contribution >= 0.6 is 31.9 Å². The number of hydrogen-bond donors (Lipinski definition) is 0. The lowest BCUT2D eigenvalue weighted by molar-refractivity contribution is 0.103. The molecule has 0 aliphatic rings. The van der Waals surface area contributed by atoms with Gasteiger partial charge in [-0.2, -0.15) is 0 Å². The number of carbonyl (C=O) groups is 1. The molecule has 2 rings (SSSR count). The molecule has 0 aliphatic carbocycles. The zero-order chi connectivity index (χ0) is 14.2. The van der Waals surface area contributed by atoms with E-state index in [2.05, 4.69) is 31.9 Å². The van der Waals surface area contributed by atoms with E-state index in [1.54, 1.807) is 13.2 Å². The maximum Gasteiger partial charge on any atom is 0.201 e. The lowest BCUT2D eigenvalue weighted by Crippen LogP contribution is -2.08. The number of rotatable bonds is 3. The van der Waals surface area contributed by atoms with E-state index < -0.39 is 0 Å². The van der Waals surface area contributed by atoms with Gasteiger partial charge in [-0.15, -0.1) is 0 Å². The molecule has 0 radical (unpaired) electrons. The van der Waals surface area contributed by atoms with E-state index in [1.165, 1.54) is 6.26 Å². The third-order valence-electron chi connectivity index (χ3n) is 2.96. The molecule has 0 aliphatic heterocycles. The summed E-state index contributed by atoms with van der Waals surface area (Å²) in [6.45, 7) is 3.79. The first-order chi connectivity index (χ1) is 8.97. The first-order valence-corrected chi connectivity index (χ1v) is 7.17. The lowest BCUT2D eigenvalue weighted by Gasteiger charge is -2.14. The molecule has 0 atom stereocenters. The number of hydrogen-bond acceptors (Lipinski definition) is 3. The highest BCUT2D eigenvalue weighted by Gasteiger charge is 2.23. The number of carbonyl (C=O) groups excluding carboxylic acids is 1. The minimum atomic E-state index is -0.126. The van der Waals surface area contributed by atoms with E-state index in [0.29, 0.717) is 21.5 Å². The Morgan fingerprint density at radius 3 is 2.53 bits per heavy atom. The number of benzene rings is 1. The second kappa shape index (κ2) is 5.51. The normalized spacial score (nSPS) is 10.6. The molecule has 1 aromatic heterocycles. The number of furan rings is 1. The summed E-state index contributed by atoms with van der Waals surface area (Å²) in [5.74, 6) is 0.471. The molecule has 0 unspecified atom stereocenters. The van der Waals surface area contributed by atoms with Crippen LogP contribution in [0.3, 0.4) is 0 Å². The van der Waals surface area contributed by atoms with Gasteiger partial charge in [0.15, 0.2) is 4.67 Å². The molecular weight excluding hydrogens is 376 g/mol. The lowest BCUT2D eigenvalue weighted by atomic mass is 9.97. The van der Waals surface area contributed by atoms with Crippen molar-refractivity contribution in [2.24, 2.45) is 0 Å². The van der Waals surface area contributed by atoms with Crippen molar-refractivity contribution < 1.29 is 13.9 Å². The summed E-state index contributed by atoms with van der Waals surface area (Å²) in [4.78, 5) is 12.6. The van der Waals surface area contributed by atoms with E-state index in [9.17, 15) is 4.79 Å². The van der Waals surface area contributed by atoms with Crippen LogP contribution in [0.15, 0.2) is 32.0 Å². The summed E-state index contributed by atoms with van der Waals surface area (Å²) in [5, 5.41) is 0. The molecular formula is C14H12Br2O3. The molecule has 0 fully saturated rings. The first kappa shape index (κ1) is 14.3. The van der Waals surface area contributed by atoms with E-state index in [0.717, 1.165) is 15.6 Å². The second-order valence-corrected chi connectivity index (χ2v) is 5.72. The van der Waals surface area contributed by atoms with Crippen LogP contribution < -0.4 is 4.74 Å². The summed E-state index contributed by atoms with van der Waals surface area (Å²) in [5.41, 5.74) is 2.79. The van der Waals surface area contributed by atoms with Gasteiger partial charge in [0.05, 0.1) is 24.5 Å². The Bertz CT molecular complexity index is 644. The van der Waals surface area contributed by atoms with Gasteiger partial charge in [-0.1, -0.05) is 15.9 Å². The van der Waals surface area contributed by atoms with Crippen molar-refractivity contribution in [2.45, 2.75) is 13.8 Å². The molecule has 0 N–H and O–H groups in total. The Balaban J connectivity index is 2.68. The van der Waals surface area contributed by atoms with Crippen molar-refractivity contribution in [3.05, 3.63) is 49.8 Å². The van der Waals surface area contributed by atoms with Crippen molar-refractivity contribution >= 4 is 37.6 Å². The van der Waals surface area contributed by atoms with E-state index >= 15 is 0 Å². The van der Waals surface area contributed by atoms with Crippen LogP contribution in [0, 0.1) is 13.8 Å². The van der Waals surface area contributed by atoms with E-state index in [4.69, 9.17) is 9.15 Å². The van der Waals surface area contributed by atoms with Gasteiger partial charge in [-0.3, -0.25) is 4.79 Å². The number of aryl methyl sites for hydroxylation is 1. The van der Waals surface area contributed by atoms with Crippen LogP contribution in [0.2, 0.25) is 0 Å². The largest absolute Gasteiger partial charge is 0.496 e. The van der Waals surface area contributed by atoms with Crippen molar-refractivity contribution in [2.75, 3.05) is 7.11 Å². The molecule has 5 heteroatoms. The van der Waals surface area contributed by atoms with Gasteiger partial charge in [-0.25, -0.2) is 0 Å². The van der Waals surface area contributed by atoms with Gasteiger partial charge >= 0.3 is 0 Å². The average molecular weight is 388 g/mol. The van der Waals surface area contributed by atoms with Gasteiger partial charge in [-0.05, 0) is 53.0 Å². The molecule has 3 nitrogen and oxygen atoms in total. The SMILES string of the molecule is COc1c(C)cc(Br)c(C)c1C(=O)c1ccoc1Br. The summed E-state index contributed by atoms with van der Waals surface area (Å²) < 4.78 is 11.8. The Hall–Kier alpha value is -1.07. The molecule has 100 valence electrons. The minimum absolute atomic E-state index is 0.126. The molecule has 0 saturated carbocycles. The monoisotopic (exact) mass is 386 g/mol. The zero-order valence-corrected chi connectivity index (χ0v) is 13.9. The fourth-order valence-electron chi connectivity index (χ4n) is 1.98. The molecule has 0 amide bonds. The quantitative estimate of drug-likeness (QED) is 0.719. The van der Waals surface area contributed by atoms with Crippen molar-refractivity contribution in [3.8, 4) is 5.75 Å². The third-order valence-corrected chi connectivity index (χ3v) is 4.39. The molecule has 0 spiro atoms. The number of ether oxygens (including phenoxy) is 1. The molecule has 1 heterocycles. The molecule has 0 bridgehead atoms. The zero-order valence-electron chi connectivity index (χ0n) is 10.7. The molecule has 1 aromatic carbocycles. The second-order valence-electron chi connectivity index (χ2n) is 4.15. The first-order valence-electron chi connectivity index (χ1n) is 5.58. The highest BCUT2D eigenvalue weighted by atomic mass is 79.9. The minimum Gasteiger partial charge on any atom is -0.496 e. The Morgan fingerprint density at radius 2 is 2.00 bits per heavy atom. The maximum atomic E-state index is 12.6. The van der Waals surface area contributed by atoms with Crippen LogP contribution in [0.25, 0.3) is 0 Å². The molecule has 2 aromatic rings. The van der Waals surface area contributed by atoms with Crippen LogP contribution in [-0.4, -0.2) is 12.9 Å². The Kier molecular flexibility index (Phi) is 4.16. The summed E-state index contributed by atoms with van der Waals surface area (Å²) in [6, 6.07) is 3.58. The fraction of sp³-hybridized carbons (Fsp3) is 0.214. The highest BCUT2D eigenvalue weighted by molar-refractivity contribution is 9.10. The number of halogens is 2. The van der Waals surface area contributed by atoms with E-state index in [1.807, 2.05) is 19.9 Å². The summed E-state index contributed by atoms with van der Waals surface area (Å²) in [7, 11) is 1.57. The van der Waals surface area contributed by atoms with Crippen LogP contribution in [-0.2, 0) is 0 Å². The van der Waals surface area contributed by atoms with Gasteiger partial charge in [0, 0.05) is 4.47 Å². The van der Waals surface area contributed by atoms with Gasteiger partial charge < -0.3 is 9.15 Å². The topological polar surface area (TPSA) is 39.4 Å². The average Bonchev–Trinajstić information content (AvgIpc) is 2.79. The van der Waals surface area contributed by atoms with Crippen molar-refractivity contribution in [1.29, 1.82) is 0 Å². The van der Waals surface area contributed by atoms with Gasteiger partial charge in [0.25, 0.3) is 0 Å². The Labute approximate surface area is 128 Å². The number of methoxy groups -OCH3 is 1. The van der Waals surface area contributed by atoms with Crippen LogP contribution in [0.1, 0.15) is 27.0 Å². The highest BCUT2D eigenvalue weighted by Crippen LogP contribution is 2.35. The standard InChI is InChI=1S/C14H12Br2O3/c1-7-6-10(15)8(2)11(13(7)18-3)12(17)9-4-5-19-14(9)16/h4-6H,1-3H3. The summed E-state index contributed by atoms with van der Waals surface area (Å²) in [6.07, 6.45) is 1.48. The predicted octanol–water partition coefficient (Wildman–Crippen LogP) is 4.66. The van der Waals surface area contributed by atoms with Gasteiger partial charge in [0.1, 0.15) is 5.75 Å². The van der Waals surface area contributed by atoms with Gasteiger partial charge in [0.2, 0.25) is 5.78 Å². The summed E-state index contributed by atoms with van der Waals surface area (Å²) >= 11 is 6.70. The fourth-order valence-corrected chi connectivity index (χ4v) is 2.94. The molecule has 0 saturated heterocycles. The number of ketones is 1. The van der Waals surface area contributed by atoms with Crippen LogP contribution in [0.4, 0.5) is 0 Å². The van der Waals surface area contributed by atoms with E-state index in [-0.39, 0.29) is 5.78 Å². The van der Waals surface area contributed by atoms with Crippen molar-refractivity contribution in [1.82, 2.24) is 0 Å². The molecule has 19 heavy (non-hydrogen) atoms. The smallest absolute Gasteiger partial charge is 0.201 e. The predicted molar refractivity (Wildman–Crippen MR) is 80.0 cm³/mol. The van der Waals surface area contributed by atoms with Crippen LogP contribution in [0.5, 0.6) is 5.75 Å². The maximum absolute atomic E-state index is 12.6.